The van der Waals surface area contributed by atoms with E-state index in [9.17, 15) is 9.35 Å². The first kappa shape index (κ1) is 17.1. The van der Waals surface area contributed by atoms with Gasteiger partial charge in [-0.25, -0.2) is 0 Å². The molecule has 1 unspecified atom stereocenters. The summed E-state index contributed by atoms with van der Waals surface area (Å²) < 4.78 is 13.2. The van der Waals surface area contributed by atoms with Crippen LogP contribution in [0.4, 0.5) is 0 Å². The Morgan fingerprint density at radius 3 is 2.75 bits per heavy atom. The summed E-state index contributed by atoms with van der Waals surface area (Å²) in [5.41, 5.74) is 0.347. The van der Waals surface area contributed by atoms with Gasteiger partial charge in [0.05, 0.1) is 5.39 Å². The normalized spacial score (nSPS) is 12.4. The minimum Gasteiger partial charge on any atom is -0.610 e. The zero-order chi connectivity index (χ0) is 16.9. The van der Waals surface area contributed by atoms with Crippen molar-refractivity contribution in [2.24, 2.45) is 0 Å². The van der Waals surface area contributed by atoms with Crippen molar-refractivity contribution in [2.75, 3.05) is 5.75 Å². The highest BCUT2D eigenvalue weighted by Gasteiger charge is 2.15. The van der Waals surface area contributed by atoms with Crippen LogP contribution in [0.1, 0.15) is 26.2 Å². The highest BCUT2D eigenvalue weighted by atomic mass is 32.2. The van der Waals surface area contributed by atoms with Gasteiger partial charge < -0.3 is 4.55 Å². The maximum atomic E-state index is 12.4. The van der Waals surface area contributed by atoms with Crippen LogP contribution in [-0.2, 0) is 11.2 Å². The number of rotatable bonds is 6. The van der Waals surface area contributed by atoms with Crippen LogP contribution in [0.25, 0.3) is 20.8 Å². The number of unbranched alkanes of at least 4 members (excludes halogenated alkanes) is 2. The fraction of sp³-hybridized carbons (Fsp3) is 0.278. The molecule has 2 heterocycles. The molecule has 1 atom stereocenters. The molecule has 0 saturated carbocycles. The quantitative estimate of drug-likeness (QED) is 0.493. The highest BCUT2D eigenvalue weighted by molar-refractivity contribution is 7.91. The molecule has 0 amide bonds. The molecule has 1 aromatic carbocycles. The Hall–Kier alpha value is -1.76. The zero-order valence-electron chi connectivity index (χ0n) is 13.4. The van der Waals surface area contributed by atoms with Crippen molar-refractivity contribution >= 4 is 32.6 Å². The van der Waals surface area contributed by atoms with Crippen molar-refractivity contribution in [3.05, 3.63) is 52.8 Å². The molecule has 3 aromatic rings. The fourth-order valence-electron chi connectivity index (χ4n) is 2.37. The van der Waals surface area contributed by atoms with Gasteiger partial charge in [-0.1, -0.05) is 31.5 Å². The lowest BCUT2D eigenvalue weighted by atomic mass is 10.3. The highest BCUT2D eigenvalue weighted by Crippen LogP contribution is 2.25. The van der Waals surface area contributed by atoms with E-state index in [4.69, 9.17) is 0 Å². The molecule has 3 rings (SSSR count). The second kappa shape index (κ2) is 7.88. The minimum atomic E-state index is -1.11. The van der Waals surface area contributed by atoms with E-state index in [1.165, 1.54) is 11.3 Å². The number of nitrogens with zero attached hydrogens (tertiary/aromatic N) is 2. The summed E-state index contributed by atoms with van der Waals surface area (Å²) in [7, 11) is 0. The van der Waals surface area contributed by atoms with Crippen LogP contribution in [0.2, 0.25) is 0 Å². The van der Waals surface area contributed by atoms with Crippen molar-refractivity contribution in [2.45, 2.75) is 31.2 Å². The van der Waals surface area contributed by atoms with Crippen molar-refractivity contribution < 1.29 is 4.55 Å². The van der Waals surface area contributed by atoms with E-state index >= 15 is 0 Å². The zero-order valence-corrected chi connectivity index (χ0v) is 15.0. The van der Waals surface area contributed by atoms with Gasteiger partial charge in [0.25, 0.3) is 5.56 Å². The summed E-state index contributed by atoms with van der Waals surface area (Å²) in [5.74, 6) is 0.617. The second-order valence-corrected chi connectivity index (χ2v) is 7.99. The Morgan fingerprint density at radius 2 is 1.92 bits per heavy atom. The number of benzene rings is 1. The molecule has 0 aliphatic carbocycles. The number of pyridine rings is 1. The van der Waals surface area contributed by atoms with Gasteiger partial charge in [-0.3, -0.25) is 4.79 Å². The third-order valence-corrected chi connectivity index (χ3v) is 6.06. The van der Waals surface area contributed by atoms with Crippen LogP contribution in [0.3, 0.4) is 0 Å². The van der Waals surface area contributed by atoms with Gasteiger partial charge in [0.15, 0.2) is 0 Å². The van der Waals surface area contributed by atoms with E-state index in [-0.39, 0.29) is 5.56 Å². The summed E-state index contributed by atoms with van der Waals surface area (Å²) >= 11 is 0.310. The van der Waals surface area contributed by atoms with Crippen LogP contribution in [0.15, 0.2) is 52.3 Å². The van der Waals surface area contributed by atoms with Gasteiger partial charge in [-0.05, 0) is 31.0 Å². The molecule has 0 N–H and O–H groups in total. The summed E-state index contributed by atoms with van der Waals surface area (Å²) in [6.07, 6.45) is 3.09. The summed E-state index contributed by atoms with van der Waals surface area (Å²) in [6, 6.07) is 12.8. The molecule has 124 valence electrons. The Labute approximate surface area is 147 Å². The van der Waals surface area contributed by atoms with Gasteiger partial charge >= 0.3 is 0 Å². The number of fused-ring (bicyclic) bond motifs is 1. The third kappa shape index (κ3) is 3.83. The van der Waals surface area contributed by atoms with Gasteiger partial charge in [0.1, 0.15) is 16.5 Å². The Bertz CT molecular complexity index is 895. The summed E-state index contributed by atoms with van der Waals surface area (Å²) in [4.78, 5) is 20.8. The van der Waals surface area contributed by atoms with E-state index in [1.54, 1.807) is 18.2 Å². The molecular formula is C18H18N2O2S2. The van der Waals surface area contributed by atoms with E-state index < -0.39 is 11.2 Å². The standard InChI is InChI=1S/C18H18N2O2S2/c1-2-3-6-12-24(22)16-11-7-9-14(19-16)18-20-17(21)13-8-4-5-10-15(13)23-18/h4-5,7-11H,2-3,6,12H2,1H3. The average Bonchev–Trinajstić information content (AvgIpc) is 2.62. The molecule has 0 fully saturated rings. The van der Waals surface area contributed by atoms with Crippen LogP contribution in [0.5, 0.6) is 0 Å². The summed E-state index contributed by atoms with van der Waals surface area (Å²) in [5, 5.41) is 1.73. The first-order valence-electron chi connectivity index (χ1n) is 7.94. The van der Waals surface area contributed by atoms with Gasteiger partial charge in [0.2, 0.25) is 5.03 Å². The van der Waals surface area contributed by atoms with E-state index in [1.807, 2.05) is 24.3 Å². The molecule has 6 heteroatoms. The molecule has 2 aromatic heterocycles. The number of hydrogen-bond acceptors (Lipinski definition) is 5. The van der Waals surface area contributed by atoms with Gasteiger partial charge in [0, 0.05) is 21.9 Å². The smallest absolute Gasteiger partial charge is 0.279 e. The SMILES string of the molecule is CCCCC[S+]([O-])c1cccc(-c2nc(=O)c3ccccc3s2)n1. The molecule has 24 heavy (non-hydrogen) atoms. The Kier molecular flexibility index (Phi) is 5.60. The second-order valence-electron chi connectivity index (χ2n) is 5.44. The first-order chi connectivity index (χ1) is 11.7. The maximum absolute atomic E-state index is 12.4. The molecule has 4 nitrogen and oxygen atoms in total. The topological polar surface area (TPSA) is 65.9 Å². The monoisotopic (exact) mass is 358 g/mol. The number of hydrogen-bond donors (Lipinski definition) is 0. The Balaban J connectivity index is 1.93. The van der Waals surface area contributed by atoms with Crippen molar-refractivity contribution in [3.63, 3.8) is 0 Å². The third-order valence-electron chi connectivity index (χ3n) is 3.64. The lowest BCUT2D eigenvalue weighted by molar-refractivity contribution is 0.586. The molecule has 0 saturated heterocycles. The maximum Gasteiger partial charge on any atom is 0.279 e. The number of aromatic nitrogens is 2. The van der Waals surface area contributed by atoms with E-state index in [0.717, 1.165) is 24.0 Å². The molecular weight excluding hydrogens is 340 g/mol. The largest absolute Gasteiger partial charge is 0.610 e. The predicted octanol–water partition coefficient (Wildman–Crippen LogP) is 4.02. The predicted molar refractivity (Wildman–Crippen MR) is 99.9 cm³/mol. The molecule has 0 radical (unpaired) electrons. The molecule has 0 bridgehead atoms. The van der Waals surface area contributed by atoms with Crippen molar-refractivity contribution in [1.82, 2.24) is 9.97 Å². The van der Waals surface area contributed by atoms with Gasteiger partial charge in [-0.2, -0.15) is 9.97 Å². The van der Waals surface area contributed by atoms with Crippen LogP contribution >= 0.6 is 11.3 Å². The molecule has 0 spiro atoms. The van der Waals surface area contributed by atoms with E-state index in [2.05, 4.69) is 16.9 Å². The van der Waals surface area contributed by atoms with Crippen molar-refractivity contribution in [3.8, 4) is 10.7 Å². The molecule has 0 aliphatic heterocycles. The fourth-order valence-corrected chi connectivity index (χ4v) is 4.44. The first-order valence-corrected chi connectivity index (χ1v) is 10.1. The van der Waals surface area contributed by atoms with Crippen LogP contribution in [0, 0.1) is 0 Å². The lowest BCUT2D eigenvalue weighted by Crippen LogP contribution is -2.10. The average molecular weight is 358 g/mol. The van der Waals surface area contributed by atoms with E-state index in [0.29, 0.717) is 26.9 Å². The van der Waals surface area contributed by atoms with Gasteiger partial charge in [-0.15, -0.1) is 11.3 Å². The van der Waals surface area contributed by atoms with Crippen molar-refractivity contribution in [1.29, 1.82) is 0 Å². The Morgan fingerprint density at radius 1 is 1.08 bits per heavy atom. The summed E-state index contributed by atoms with van der Waals surface area (Å²) in [6.45, 7) is 2.12. The van der Waals surface area contributed by atoms with Crippen LogP contribution in [-0.4, -0.2) is 20.3 Å². The minimum absolute atomic E-state index is 0.254. The van der Waals surface area contributed by atoms with Crippen LogP contribution < -0.4 is 5.56 Å². The molecule has 0 aliphatic rings. The lowest BCUT2D eigenvalue weighted by Gasteiger charge is -2.10.